The van der Waals surface area contributed by atoms with E-state index in [1.165, 1.54) is 0 Å². The lowest BCUT2D eigenvalue weighted by atomic mass is 10.1. The lowest BCUT2D eigenvalue weighted by molar-refractivity contribution is -0.129. The average molecular weight is 389 g/mol. The molecule has 0 bridgehead atoms. The zero-order valence-corrected chi connectivity index (χ0v) is 16.2. The highest BCUT2D eigenvalue weighted by atomic mass is 16.2. The third-order valence-corrected chi connectivity index (χ3v) is 4.99. The summed E-state index contributed by atoms with van der Waals surface area (Å²) in [7, 11) is 0. The molecular weight excluding hydrogens is 366 g/mol. The highest BCUT2D eigenvalue weighted by molar-refractivity contribution is 5.86. The molecule has 148 valence electrons. The van der Waals surface area contributed by atoms with Crippen molar-refractivity contribution in [3.8, 4) is 0 Å². The van der Waals surface area contributed by atoms with Crippen molar-refractivity contribution < 1.29 is 9.59 Å². The van der Waals surface area contributed by atoms with E-state index in [0.29, 0.717) is 6.42 Å². The molecule has 0 aliphatic carbocycles. The zero-order valence-electron chi connectivity index (χ0n) is 16.2. The van der Waals surface area contributed by atoms with E-state index in [4.69, 9.17) is 0 Å². The van der Waals surface area contributed by atoms with Gasteiger partial charge < -0.3 is 9.55 Å². The zero-order chi connectivity index (χ0) is 20.2. The van der Waals surface area contributed by atoms with Crippen molar-refractivity contribution in [2.45, 2.75) is 32.7 Å². The molecule has 2 aromatic heterocycles. The van der Waals surface area contributed by atoms with E-state index in [2.05, 4.69) is 20.8 Å². The predicted octanol–water partition coefficient (Wildman–Crippen LogP) is 2.86. The van der Waals surface area contributed by atoms with Crippen LogP contribution in [0.1, 0.15) is 24.7 Å². The summed E-state index contributed by atoms with van der Waals surface area (Å²) in [6, 6.07) is 15.7. The average Bonchev–Trinajstić information content (AvgIpc) is 3.32. The molecule has 0 aliphatic heterocycles. The number of imidazole rings is 1. The second-order valence-corrected chi connectivity index (χ2v) is 6.91. The summed E-state index contributed by atoms with van der Waals surface area (Å²) in [6.45, 7) is 2.11. The van der Waals surface area contributed by atoms with Gasteiger partial charge in [-0.1, -0.05) is 37.3 Å². The molecule has 7 heteroatoms. The molecule has 4 rings (SSSR count). The van der Waals surface area contributed by atoms with Crippen LogP contribution in [0.25, 0.3) is 21.9 Å². The minimum atomic E-state index is -0.289. The molecule has 0 radical (unpaired) electrons. The highest BCUT2D eigenvalue weighted by Crippen LogP contribution is 2.19. The topological polar surface area (TPSA) is 91.8 Å². The molecule has 2 heterocycles. The van der Waals surface area contributed by atoms with Crippen molar-refractivity contribution in [1.82, 2.24) is 25.4 Å². The van der Waals surface area contributed by atoms with Crippen molar-refractivity contribution >= 4 is 33.8 Å². The Morgan fingerprint density at radius 1 is 1.03 bits per heavy atom. The molecular formula is C22H23N5O2. The molecule has 2 aromatic carbocycles. The van der Waals surface area contributed by atoms with Crippen molar-refractivity contribution in [2.24, 2.45) is 0 Å². The number of benzene rings is 2. The van der Waals surface area contributed by atoms with Crippen LogP contribution in [0.15, 0.2) is 54.7 Å². The van der Waals surface area contributed by atoms with Crippen molar-refractivity contribution in [1.29, 1.82) is 0 Å². The monoisotopic (exact) mass is 389 g/mol. The third-order valence-electron chi connectivity index (χ3n) is 4.99. The number of carbonyl (C=O) groups excluding carboxylic acids is 2. The number of aromatic nitrogens is 3. The Balaban J connectivity index is 1.32. The summed E-state index contributed by atoms with van der Waals surface area (Å²) in [6.07, 6.45) is 3.53. The minimum absolute atomic E-state index is 0.104. The Morgan fingerprint density at radius 2 is 1.79 bits per heavy atom. The van der Waals surface area contributed by atoms with E-state index in [9.17, 15) is 9.59 Å². The number of rotatable bonds is 6. The van der Waals surface area contributed by atoms with Crippen LogP contribution < -0.4 is 10.9 Å². The van der Waals surface area contributed by atoms with Gasteiger partial charge in [-0.05, 0) is 30.2 Å². The van der Waals surface area contributed by atoms with Crippen molar-refractivity contribution in [3.05, 3.63) is 66.1 Å². The Bertz CT molecular complexity index is 1170. The Hall–Kier alpha value is -3.61. The standard InChI is InChI=1S/C22H23N5O2/c1-2-20-24-18-9-5-6-10-19(18)27(20)14-22(29)26-25-21(28)12-11-15-13-23-17-8-4-3-7-16(15)17/h3-10,13,23H,2,11-12,14H2,1H3,(H,25,28)(H,26,29). The fourth-order valence-corrected chi connectivity index (χ4v) is 3.54. The quantitative estimate of drug-likeness (QED) is 0.443. The Kier molecular flexibility index (Phi) is 5.29. The summed E-state index contributed by atoms with van der Waals surface area (Å²) >= 11 is 0. The molecule has 7 nitrogen and oxygen atoms in total. The Labute approximate surface area is 168 Å². The summed E-state index contributed by atoms with van der Waals surface area (Å²) in [4.78, 5) is 32.3. The van der Waals surface area contributed by atoms with E-state index in [0.717, 1.165) is 39.7 Å². The first-order valence-corrected chi connectivity index (χ1v) is 9.72. The number of nitrogens with one attached hydrogen (secondary N) is 3. The number of para-hydroxylation sites is 3. The smallest absolute Gasteiger partial charge is 0.258 e. The fraction of sp³-hybridized carbons (Fsp3) is 0.227. The molecule has 0 aliphatic rings. The van der Waals surface area contributed by atoms with E-state index in [-0.39, 0.29) is 24.8 Å². The summed E-state index contributed by atoms with van der Waals surface area (Å²) in [5, 5.41) is 1.11. The summed E-state index contributed by atoms with van der Waals surface area (Å²) < 4.78 is 1.88. The Morgan fingerprint density at radius 3 is 2.66 bits per heavy atom. The van der Waals surface area contributed by atoms with Gasteiger partial charge in [-0.15, -0.1) is 0 Å². The molecule has 2 amide bonds. The lowest BCUT2D eigenvalue weighted by Gasteiger charge is -2.10. The number of fused-ring (bicyclic) bond motifs is 2. The van der Waals surface area contributed by atoms with Crippen LogP contribution >= 0.6 is 0 Å². The second-order valence-electron chi connectivity index (χ2n) is 6.91. The van der Waals surface area contributed by atoms with E-state index >= 15 is 0 Å². The lowest BCUT2D eigenvalue weighted by Crippen LogP contribution is -2.43. The van der Waals surface area contributed by atoms with Gasteiger partial charge in [-0.3, -0.25) is 20.4 Å². The summed E-state index contributed by atoms with van der Waals surface area (Å²) in [5.74, 6) is 0.324. The second kappa shape index (κ2) is 8.18. The molecule has 0 unspecified atom stereocenters. The molecule has 0 saturated heterocycles. The van der Waals surface area contributed by atoms with Gasteiger partial charge in [0.05, 0.1) is 11.0 Å². The van der Waals surface area contributed by atoms with Crippen molar-refractivity contribution in [2.75, 3.05) is 0 Å². The number of aryl methyl sites for hydroxylation is 2. The number of hydrogen-bond acceptors (Lipinski definition) is 3. The number of amides is 2. The van der Waals surface area contributed by atoms with Crippen LogP contribution in [0.3, 0.4) is 0 Å². The maximum Gasteiger partial charge on any atom is 0.258 e. The van der Waals surface area contributed by atoms with Crippen LogP contribution in [0.4, 0.5) is 0 Å². The van der Waals surface area contributed by atoms with Crippen LogP contribution in [0, 0.1) is 0 Å². The van der Waals surface area contributed by atoms with Crippen LogP contribution in [-0.2, 0) is 29.0 Å². The summed E-state index contributed by atoms with van der Waals surface area (Å²) in [5.41, 5.74) is 8.92. The van der Waals surface area contributed by atoms with Gasteiger partial charge in [0.25, 0.3) is 5.91 Å². The molecule has 0 fully saturated rings. The normalized spacial score (nSPS) is 11.1. The number of nitrogens with zero attached hydrogens (tertiary/aromatic N) is 2. The van der Waals surface area contributed by atoms with Gasteiger partial charge in [0.2, 0.25) is 5.91 Å². The van der Waals surface area contributed by atoms with E-state index in [1.54, 1.807) is 0 Å². The number of hydrogen-bond donors (Lipinski definition) is 3. The first kappa shape index (κ1) is 18.7. The van der Waals surface area contributed by atoms with Crippen LogP contribution in [-0.4, -0.2) is 26.3 Å². The van der Waals surface area contributed by atoms with Crippen LogP contribution in [0.5, 0.6) is 0 Å². The van der Waals surface area contributed by atoms with Gasteiger partial charge in [-0.2, -0.15) is 0 Å². The molecule has 3 N–H and O–H groups in total. The van der Waals surface area contributed by atoms with Gasteiger partial charge in [0.15, 0.2) is 0 Å². The van der Waals surface area contributed by atoms with Crippen LogP contribution in [0.2, 0.25) is 0 Å². The highest BCUT2D eigenvalue weighted by Gasteiger charge is 2.13. The van der Waals surface area contributed by atoms with Gasteiger partial charge in [-0.25, -0.2) is 4.98 Å². The van der Waals surface area contributed by atoms with Gasteiger partial charge >= 0.3 is 0 Å². The molecule has 0 atom stereocenters. The van der Waals surface area contributed by atoms with Gasteiger partial charge in [0, 0.05) is 29.9 Å². The first-order chi connectivity index (χ1) is 14.2. The third kappa shape index (κ3) is 3.99. The molecule has 4 aromatic rings. The number of H-pyrrole nitrogens is 1. The number of hydrazine groups is 1. The SMILES string of the molecule is CCc1nc2ccccc2n1CC(=O)NNC(=O)CCc1c[nH]c2ccccc12. The van der Waals surface area contributed by atoms with Gasteiger partial charge in [0.1, 0.15) is 12.4 Å². The molecule has 0 spiro atoms. The van der Waals surface area contributed by atoms with E-state index < -0.39 is 0 Å². The largest absolute Gasteiger partial charge is 0.361 e. The number of aromatic amines is 1. The minimum Gasteiger partial charge on any atom is -0.361 e. The molecule has 29 heavy (non-hydrogen) atoms. The molecule has 0 saturated carbocycles. The maximum atomic E-state index is 12.4. The fourth-order valence-electron chi connectivity index (χ4n) is 3.54. The maximum absolute atomic E-state index is 12.4. The van der Waals surface area contributed by atoms with Crippen molar-refractivity contribution in [3.63, 3.8) is 0 Å². The predicted molar refractivity (Wildman–Crippen MR) is 112 cm³/mol. The first-order valence-electron chi connectivity index (χ1n) is 9.72. The number of carbonyl (C=O) groups is 2. The van der Waals surface area contributed by atoms with E-state index in [1.807, 2.05) is 66.2 Å².